The number of rotatable bonds is 8. The number of amides is 2. The van der Waals surface area contributed by atoms with Crippen molar-refractivity contribution in [1.82, 2.24) is 0 Å². The standard InChI is InChI=1S/C48H34F6N2O4/c1-27(57)35-23-17-31(25-39(35)28(2)58)46(47(49,50)51,48(52,53)54)32-18-24-38-40(26-32)44(60)56(43(38)59)34-21-15-30(16-22-34)45(29-13-19-33(20-14-29)55(3)4)41-11-7-5-9-36(41)37-10-6-8-12-42(37)45/h5-26H,1-4H3. The number of imide groups is 1. The number of nitrogens with zero attached hydrogens (tertiary/aromatic N) is 2. The maximum Gasteiger partial charge on any atom is 0.411 e. The summed E-state index contributed by atoms with van der Waals surface area (Å²) in [6.07, 6.45) is -12.2. The van der Waals surface area contributed by atoms with Crippen molar-refractivity contribution < 1.29 is 45.5 Å². The molecule has 0 unspecified atom stereocenters. The number of hydrogen-bond acceptors (Lipinski definition) is 5. The van der Waals surface area contributed by atoms with E-state index < -0.39 is 74.4 Å². The van der Waals surface area contributed by atoms with Gasteiger partial charge in [0, 0.05) is 30.9 Å². The molecule has 0 radical (unpaired) electrons. The van der Waals surface area contributed by atoms with Gasteiger partial charge in [-0.2, -0.15) is 26.3 Å². The predicted molar refractivity (Wildman–Crippen MR) is 215 cm³/mol. The van der Waals surface area contributed by atoms with Crippen LogP contribution in [0.4, 0.5) is 37.7 Å². The smallest absolute Gasteiger partial charge is 0.378 e. The number of halogens is 6. The van der Waals surface area contributed by atoms with E-state index in [-0.39, 0.29) is 11.3 Å². The maximum absolute atomic E-state index is 15.2. The number of benzene rings is 6. The molecule has 0 fully saturated rings. The van der Waals surface area contributed by atoms with Gasteiger partial charge in [-0.15, -0.1) is 0 Å². The molecule has 60 heavy (non-hydrogen) atoms. The van der Waals surface area contributed by atoms with Crippen LogP contribution in [-0.2, 0) is 10.8 Å². The zero-order valence-corrected chi connectivity index (χ0v) is 32.5. The topological polar surface area (TPSA) is 74.8 Å². The summed E-state index contributed by atoms with van der Waals surface area (Å²) in [6, 6.07) is 34.1. The van der Waals surface area contributed by atoms with Crippen molar-refractivity contribution in [3.8, 4) is 11.1 Å². The molecule has 2 aliphatic rings. The monoisotopic (exact) mass is 816 g/mol. The molecule has 0 saturated heterocycles. The van der Waals surface area contributed by atoms with Gasteiger partial charge in [-0.3, -0.25) is 19.2 Å². The van der Waals surface area contributed by atoms with Crippen LogP contribution < -0.4 is 9.80 Å². The molecule has 6 aromatic carbocycles. The minimum Gasteiger partial charge on any atom is -0.378 e. The Morgan fingerprint density at radius 1 is 0.533 bits per heavy atom. The number of fused-ring (bicyclic) bond motifs is 4. The van der Waals surface area contributed by atoms with Crippen LogP contribution in [-0.4, -0.2) is 49.8 Å². The number of carbonyl (C=O) groups is 4. The summed E-state index contributed by atoms with van der Waals surface area (Å²) < 4.78 is 91.4. The number of Topliss-reactive ketones (excluding diaryl/α,β-unsaturated/α-hetero) is 2. The van der Waals surface area contributed by atoms with Crippen molar-refractivity contribution in [1.29, 1.82) is 0 Å². The molecule has 12 heteroatoms. The highest BCUT2D eigenvalue weighted by atomic mass is 19.4. The van der Waals surface area contributed by atoms with Gasteiger partial charge >= 0.3 is 12.4 Å². The first-order chi connectivity index (χ1) is 28.3. The summed E-state index contributed by atoms with van der Waals surface area (Å²) in [7, 11) is 3.88. The molecule has 6 nitrogen and oxygen atoms in total. The van der Waals surface area contributed by atoms with E-state index in [2.05, 4.69) is 0 Å². The maximum atomic E-state index is 15.2. The quantitative estimate of drug-likeness (QED) is 0.0868. The number of ketones is 2. The Balaban J connectivity index is 1.24. The molecule has 6 aromatic rings. The lowest BCUT2D eigenvalue weighted by molar-refractivity contribution is -0.288. The Morgan fingerprint density at radius 2 is 1.00 bits per heavy atom. The highest BCUT2D eigenvalue weighted by molar-refractivity contribution is 6.34. The zero-order valence-electron chi connectivity index (χ0n) is 32.5. The molecule has 0 saturated carbocycles. The SMILES string of the molecule is CC(=O)c1ccc(C(c2ccc3c(c2)C(=O)N(c2ccc(C4(c5ccc(N(C)C)cc5)c5ccccc5-c5ccccc54)cc2)C3=O)(C(F)(F)F)C(F)(F)F)cc1C(C)=O. The van der Waals surface area contributed by atoms with Gasteiger partial charge in [0.05, 0.1) is 22.2 Å². The molecule has 2 amide bonds. The first-order valence-corrected chi connectivity index (χ1v) is 18.8. The second kappa shape index (κ2) is 13.9. The molecule has 1 aliphatic heterocycles. The van der Waals surface area contributed by atoms with Crippen LogP contribution in [0.25, 0.3) is 11.1 Å². The van der Waals surface area contributed by atoms with Crippen LogP contribution in [0.3, 0.4) is 0 Å². The van der Waals surface area contributed by atoms with Crippen LogP contribution in [0.2, 0.25) is 0 Å². The normalized spacial score (nSPS) is 14.5. The van der Waals surface area contributed by atoms with Crippen molar-refractivity contribution in [3.63, 3.8) is 0 Å². The zero-order chi connectivity index (χ0) is 43.1. The molecule has 8 rings (SSSR count). The van der Waals surface area contributed by atoms with Crippen LogP contribution >= 0.6 is 0 Å². The average molecular weight is 817 g/mol. The van der Waals surface area contributed by atoms with E-state index in [1.807, 2.05) is 91.8 Å². The molecular formula is C48H34F6N2O4. The van der Waals surface area contributed by atoms with E-state index in [1.165, 1.54) is 12.1 Å². The third kappa shape index (κ3) is 5.64. The Bertz CT molecular complexity index is 2710. The molecule has 1 heterocycles. The summed E-state index contributed by atoms with van der Waals surface area (Å²) in [5.41, 5.74) is -3.66. The second-order valence-electron chi connectivity index (χ2n) is 15.2. The average Bonchev–Trinajstić information content (AvgIpc) is 3.64. The summed E-state index contributed by atoms with van der Waals surface area (Å²) in [4.78, 5) is 55.2. The van der Waals surface area contributed by atoms with E-state index >= 15 is 26.3 Å². The third-order valence-corrected chi connectivity index (χ3v) is 11.7. The minimum absolute atomic E-state index is 0.0491. The van der Waals surface area contributed by atoms with Crippen LogP contribution in [0.1, 0.15) is 88.7 Å². The van der Waals surface area contributed by atoms with Crippen LogP contribution in [0.15, 0.2) is 133 Å². The first kappa shape index (κ1) is 40.0. The first-order valence-electron chi connectivity index (χ1n) is 18.8. The molecule has 0 spiro atoms. The summed E-state index contributed by atoms with van der Waals surface area (Å²) in [5.74, 6) is -3.72. The minimum atomic E-state index is -6.08. The predicted octanol–water partition coefficient (Wildman–Crippen LogP) is 10.7. The van der Waals surface area contributed by atoms with Gasteiger partial charge in [-0.25, -0.2) is 4.90 Å². The molecule has 302 valence electrons. The fourth-order valence-electron chi connectivity index (χ4n) is 8.96. The Kier molecular flexibility index (Phi) is 9.26. The van der Waals surface area contributed by atoms with Gasteiger partial charge in [0.2, 0.25) is 5.41 Å². The Hall–Kier alpha value is -6.82. The van der Waals surface area contributed by atoms with Crippen molar-refractivity contribution in [3.05, 3.63) is 189 Å². The van der Waals surface area contributed by atoms with Gasteiger partial charge in [0.25, 0.3) is 11.8 Å². The lowest BCUT2D eigenvalue weighted by Crippen LogP contribution is -2.55. The Labute approximate surface area is 340 Å². The van der Waals surface area contributed by atoms with Gasteiger partial charge in [0.1, 0.15) is 0 Å². The van der Waals surface area contributed by atoms with Crippen molar-refractivity contribution in [2.75, 3.05) is 23.9 Å². The molecule has 0 aromatic heterocycles. The summed E-state index contributed by atoms with van der Waals surface area (Å²) >= 11 is 0. The molecule has 0 bridgehead atoms. The number of hydrogen-bond donors (Lipinski definition) is 0. The van der Waals surface area contributed by atoms with E-state index in [9.17, 15) is 19.2 Å². The van der Waals surface area contributed by atoms with E-state index in [0.29, 0.717) is 24.3 Å². The molecule has 0 N–H and O–H groups in total. The van der Waals surface area contributed by atoms with Crippen molar-refractivity contribution in [2.24, 2.45) is 0 Å². The highest BCUT2D eigenvalue weighted by Gasteiger charge is 2.73. The fraction of sp³-hybridized carbons (Fsp3) is 0.167. The Morgan fingerprint density at radius 3 is 1.50 bits per heavy atom. The van der Waals surface area contributed by atoms with E-state index in [0.717, 1.165) is 69.9 Å². The number of alkyl halides is 6. The van der Waals surface area contributed by atoms with E-state index in [4.69, 9.17) is 0 Å². The lowest BCUT2D eigenvalue weighted by atomic mass is 9.67. The number of carbonyl (C=O) groups excluding carboxylic acids is 4. The lowest BCUT2D eigenvalue weighted by Gasteiger charge is -2.38. The van der Waals surface area contributed by atoms with Crippen molar-refractivity contribution >= 4 is 34.8 Å². The molecule has 1 aliphatic carbocycles. The van der Waals surface area contributed by atoms with Crippen molar-refractivity contribution in [2.45, 2.75) is 37.0 Å². The summed E-state index contributed by atoms with van der Waals surface area (Å²) in [6.45, 7) is 1.95. The van der Waals surface area contributed by atoms with Gasteiger partial charge < -0.3 is 4.90 Å². The second-order valence-corrected chi connectivity index (χ2v) is 15.2. The summed E-state index contributed by atoms with van der Waals surface area (Å²) in [5, 5.41) is 0. The highest BCUT2D eigenvalue weighted by Crippen LogP contribution is 2.58. The van der Waals surface area contributed by atoms with Crippen LogP contribution in [0.5, 0.6) is 0 Å². The third-order valence-electron chi connectivity index (χ3n) is 11.7. The molecule has 0 atom stereocenters. The van der Waals surface area contributed by atoms with Gasteiger partial charge in [0.15, 0.2) is 11.6 Å². The number of anilines is 2. The largest absolute Gasteiger partial charge is 0.411 e. The van der Waals surface area contributed by atoms with Gasteiger partial charge in [-0.1, -0.05) is 91.0 Å². The van der Waals surface area contributed by atoms with Gasteiger partial charge in [-0.05, 0) is 101 Å². The van der Waals surface area contributed by atoms with Crippen LogP contribution in [0, 0.1) is 0 Å². The fourth-order valence-corrected chi connectivity index (χ4v) is 8.96. The van der Waals surface area contributed by atoms with E-state index in [1.54, 1.807) is 12.1 Å². The molecular weight excluding hydrogens is 783 g/mol.